The molecule has 0 atom stereocenters. The second-order valence-electron chi connectivity index (χ2n) is 6.43. The van der Waals surface area contributed by atoms with Crippen molar-refractivity contribution in [3.05, 3.63) is 81.0 Å². The maximum absolute atomic E-state index is 12.2. The Morgan fingerprint density at radius 2 is 2.04 bits per heavy atom. The summed E-state index contributed by atoms with van der Waals surface area (Å²) in [6.45, 7) is 3.72. The molecule has 1 amide bonds. The number of ether oxygens (including phenoxy) is 1. The number of benzene rings is 2. The standard InChI is InChI=1S/C21H21BrClN3O2/c1-15-11-19(7-8-20(15)23)28-14-16-3-5-17(6-4-16)21(27)24-9-2-10-26-13-18(22)12-25-26/h3-8,11-13H,2,9-10,14H2,1H3,(H,24,27). The molecule has 146 valence electrons. The van der Waals surface area contributed by atoms with Gasteiger partial charge in [-0.2, -0.15) is 5.10 Å². The first-order valence-electron chi connectivity index (χ1n) is 8.95. The van der Waals surface area contributed by atoms with Crippen LogP contribution in [0.3, 0.4) is 0 Å². The number of carbonyl (C=O) groups excluding carboxylic acids is 1. The molecule has 0 fully saturated rings. The van der Waals surface area contributed by atoms with Crippen molar-refractivity contribution in [1.29, 1.82) is 0 Å². The van der Waals surface area contributed by atoms with Gasteiger partial charge in [-0.25, -0.2) is 0 Å². The van der Waals surface area contributed by atoms with Gasteiger partial charge in [0, 0.05) is 29.9 Å². The average molecular weight is 463 g/mol. The van der Waals surface area contributed by atoms with E-state index in [0.717, 1.165) is 39.3 Å². The van der Waals surface area contributed by atoms with Crippen LogP contribution in [0.15, 0.2) is 59.3 Å². The topological polar surface area (TPSA) is 56.1 Å². The first-order valence-corrected chi connectivity index (χ1v) is 10.1. The molecule has 5 nitrogen and oxygen atoms in total. The molecule has 0 radical (unpaired) electrons. The van der Waals surface area contributed by atoms with Gasteiger partial charge in [0.1, 0.15) is 12.4 Å². The zero-order valence-electron chi connectivity index (χ0n) is 15.5. The van der Waals surface area contributed by atoms with E-state index in [4.69, 9.17) is 16.3 Å². The van der Waals surface area contributed by atoms with E-state index in [2.05, 4.69) is 26.3 Å². The van der Waals surface area contributed by atoms with E-state index < -0.39 is 0 Å². The van der Waals surface area contributed by atoms with Crippen molar-refractivity contribution in [2.75, 3.05) is 6.54 Å². The number of hydrogen-bond acceptors (Lipinski definition) is 3. The van der Waals surface area contributed by atoms with Crippen molar-refractivity contribution in [2.24, 2.45) is 0 Å². The summed E-state index contributed by atoms with van der Waals surface area (Å²) in [5.41, 5.74) is 2.60. The minimum absolute atomic E-state index is 0.0811. The number of carbonyl (C=O) groups is 1. The molecule has 0 unspecified atom stereocenters. The first kappa shape index (κ1) is 20.4. The Hall–Kier alpha value is -2.31. The van der Waals surface area contributed by atoms with E-state index in [9.17, 15) is 4.79 Å². The number of rotatable bonds is 8. The van der Waals surface area contributed by atoms with Crippen molar-refractivity contribution in [3.8, 4) is 5.75 Å². The van der Waals surface area contributed by atoms with Crippen LogP contribution in [0.2, 0.25) is 5.02 Å². The zero-order chi connectivity index (χ0) is 19.9. The summed E-state index contributed by atoms with van der Waals surface area (Å²) in [6, 6.07) is 13.0. The molecule has 0 saturated heterocycles. The fourth-order valence-electron chi connectivity index (χ4n) is 2.63. The Kier molecular flexibility index (Phi) is 7.12. The van der Waals surface area contributed by atoms with Crippen molar-refractivity contribution in [1.82, 2.24) is 15.1 Å². The molecule has 0 spiro atoms. The minimum Gasteiger partial charge on any atom is -0.489 e. The van der Waals surface area contributed by atoms with Gasteiger partial charge in [-0.15, -0.1) is 0 Å². The summed E-state index contributed by atoms with van der Waals surface area (Å²) in [7, 11) is 0. The second-order valence-corrected chi connectivity index (χ2v) is 7.75. The van der Waals surface area contributed by atoms with E-state index in [0.29, 0.717) is 18.7 Å². The van der Waals surface area contributed by atoms with Gasteiger partial charge < -0.3 is 10.1 Å². The van der Waals surface area contributed by atoms with Crippen LogP contribution < -0.4 is 10.1 Å². The van der Waals surface area contributed by atoms with Gasteiger partial charge in [0.05, 0.1) is 10.7 Å². The van der Waals surface area contributed by atoms with Crippen LogP contribution >= 0.6 is 27.5 Å². The molecule has 2 aromatic carbocycles. The normalized spacial score (nSPS) is 10.7. The zero-order valence-corrected chi connectivity index (χ0v) is 17.8. The monoisotopic (exact) mass is 461 g/mol. The van der Waals surface area contributed by atoms with Gasteiger partial charge in [0.25, 0.3) is 5.91 Å². The summed E-state index contributed by atoms with van der Waals surface area (Å²) in [5, 5.41) is 7.84. The SMILES string of the molecule is Cc1cc(OCc2ccc(C(=O)NCCCn3cc(Br)cn3)cc2)ccc1Cl. The maximum Gasteiger partial charge on any atom is 0.251 e. The maximum atomic E-state index is 12.2. The van der Waals surface area contributed by atoms with Crippen LogP contribution in [-0.2, 0) is 13.2 Å². The lowest BCUT2D eigenvalue weighted by atomic mass is 10.1. The van der Waals surface area contributed by atoms with Crippen LogP contribution in [0.5, 0.6) is 5.75 Å². The Labute approximate surface area is 177 Å². The number of nitrogens with zero attached hydrogens (tertiary/aromatic N) is 2. The highest BCUT2D eigenvalue weighted by atomic mass is 79.9. The molecule has 7 heteroatoms. The molecule has 0 saturated carbocycles. The predicted molar refractivity (Wildman–Crippen MR) is 114 cm³/mol. The van der Waals surface area contributed by atoms with E-state index in [1.807, 2.05) is 60.3 Å². The Morgan fingerprint density at radius 1 is 1.25 bits per heavy atom. The van der Waals surface area contributed by atoms with Gasteiger partial charge in [-0.05, 0) is 70.7 Å². The van der Waals surface area contributed by atoms with Crippen LogP contribution in [0, 0.1) is 6.92 Å². The van der Waals surface area contributed by atoms with E-state index >= 15 is 0 Å². The highest BCUT2D eigenvalue weighted by molar-refractivity contribution is 9.10. The minimum atomic E-state index is -0.0811. The number of halogens is 2. The van der Waals surface area contributed by atoms with E-state index in [1.54, 1.807) is 6.20 Å². The molecule has 1 N–H and O–H groups in total. The summed E-state index contributed by atoms with van der Waals surface area (Å²) >= 11 is 9.39. The molecule has 28 heavy (non-hydrogen) atoms. The molecular weight excluding hydrogens is 442 g/mol. The molecule has 1 aromatic heterocycles. The average Bonchev–Trinajstić information content (AvgIpc) is 3.11. The second kappa shape index (κ2) is 9.75. The number of amides is 1. The van der Waals surface area contributed by atoms with Gasteiger partial charge in [-0.3, -0.25) is 9.48 Å². The van der Waals surface area contributed by atoms with Gasteiger partial charge in [0.2, 0.25) is 0 Å². The lowest BCUT2D eigenvalue weighted by Gasteiger charge is -2.09. The molecule has 0 bridgehead atoms. The van der Waals surface area contributed by atoms with Crippen molar-refractivity contribution >= 4 is 33.4 Å². The van der Waals surface area contributed by atoms with Crippen LogP contribution in [0.4, 0.5) is 0 Å². The Morgan fingerprint density at radius 3 is 2.71 bits per heavy atom. The molecular formula is C21H21BrClN3O2. The molecule has 0 aliphatic heterocycles. The van der Waals surface area contributed by atoms with Crippen molar-refractivity contribution < 1.29 is 9.53 Å². The predicted octanol–water partition coefficient (Wildman–Crippen LogP) is 5.01. The molecule has 0 aliphatic rings. The Balaban J connectivity index is 1.43. The number of hydrogen-bond donors (Lipinski definition) is 1. The molecule has 0 aliphatic carbocycles. The van der Waals surface area contributed by atoms with Gasteiger partial charge in [0.15, 0.2) is 0 Å². The first-order chi connectivity index (χ1) is 13.5. The quantitative estimate of drug-likeness (QED) is 0.479. The lowest BCUT2D eigenvalue weighted by Crippen LogP contribution is -2.25. The molecule has 1 heterocycles. The summed E-state index contributed by atoms with van der Waals surface area (Å²) in [6.07, 6.45) is 4.47. The van der Waals surface area contributed by atoms with Crippen molar-refractivity contribution in [3.63, 3.8) is 0 Å². The molecule has 3 rings (SSSR count). The van der Waals surface area contributed by atoms with Gasteiger partial charge >= 0.3 is 0 Å². The third-order valence-electron chi connectivity index (χ3n) is 4.20. The van der Waals surface area contributed by atoms with Crippen LogP contribution in [0.1, 0.15) is 27.9 Å². The summed E-state index contributed by atoms with van der Waals surface area (Å²) in [5.74, 6) is 0.690. The van der Waals surface area contributed by atoms with E-state index in [1.165, 1.54) is 0 Å². The highest BCUT2D eigenvalue weighted by Crippen LogP contribution is 2.21. The van der Waals surface area contributed by atoms with Crippen molar-refractivity contribution in [2.45, 2.75) is 26.5 Å². The smallest absolute Gasteiger partial charge is 0.251 e. The fourth-order valence-corrected chi connectivity index (χ4v) is 3.08. The largest absolute Gasteiger partial charge is 0.489 e. The lowest BCUT2D eigenvalue weighted by molar-refractivity contribution is 0.0952. The Bertz CT molecular complexity index is 941. The molecule has 3 aromatic rings. The number of aromatic nitrogens is 2. The number of nitrogens with one attached hydrogen (secondary N) is 1. The highest BCUT2D eigenvalue weighted by Gasteiger charge is 2.06. The van der Waals surface area contributed by atoms with Crippen LogP contribution in [-0.4, -0.2) is 22.2 Å². The van der Waals surface area contributed by atoms with E-state index in [-0.39, 0.29) is 5.91 Å². The summed E-state index contributed by atoms with van der Waals surface area (Å²) in [4.78, 5) is 12.2. The third-order valence-corrected chi connectivity index (χ3v) is 5.04. The van der Waals surface area contributed by atoms with Gasteiger partial charge in [-0.1, -0.05) is 23.7 Å². The van der Waals surface area contributed by atoms with Crippen LogP contribution in [0.25, 0.3) is 0 Å². The fraction of sp³-hybridized carbons (Fsp3) is 0.238. The third kappa shape index (κ3) is 5.84. The summed E-state index contributed by atoms with van der Waals surface area (Å²) < 4.78 is 8.57. The number of aryl methyl sites for hydroxylation is 2.